The van der Waals surface area contributed by atoms with Crippen molar-refractivity contribution in [2.45, 2.75) is 6.42 Å². The van der Waals surface area contributed by atoms with Gasteiger partial charge < -0.3 is 20.7 Å². The molecule has 6 heteroatoms. The molecule has 0 saturated carbocycles. The Bertz CT molecular complexity index is 476. The highest BCUT2D eigenvalue weighted by Crippen LogP contribution is 2.30. The zero-order chi connectivity index (χ0) is 13.7. The first-order valence-electron chi connectivity index (χ1n) is 6.21. The molecule has 0 spiro atoms. The zero-order valence-corrected chi connectivity index (χ0v) is 10.6. The summed E-state index contributed by atoms with van der Waals surface area (Å²) in [5.41, 5.74) is 5.92. The van der Waals surface area contributed by atoms with E-state index in [0.29, 0.717) is 18.9 Å². The van der Waals surface area contributed by atoms with Gasteiger partial charge >= 0.3 is 0 Å². The third-order valence-corrected chi connectivity index (χ3v) is 2.86. The molecule has 0 atom stereocenters. The number of rotatable bonds is 3. The summed E-state index contributed by atoms with van der Waals surface area (Å²) in [6, 6.07) is 7.39. The van der Waals surface area contributed by atoms with E-state index >= 15 is 0 Å². The molecule has 6 nitrogen and oxygen atoms in total. The Labute approximate surface area is 111 Å². The molecule has 0 fully saturated rings. The average molecular weight is 263 g/mol. The van der Waals surface area contributed by atoms with Gasteiger partial charge in [-0.1, -0.05) is 12.1 Å². The second-order valence-corrected chi connectivity index (χ2v) is 4.20. The number of nitrogens with two attached hydrogens (primary N) is 1. The molecule has 1 aromatic carbocycles. The van der Waals surface area contributed by atoms with Crippen LogP contribution in [0.3, 0.4) is 0 Å². The van der Waals surface area contributed by atoms with Gasteiger partial charge in [-0.15, -0.1) is 0 Å². The van der Waals surface area contributed by atoms with E-state index in [9.17, 15) is 9.59 Å². The number of para-hydroxylation sites is 2. The van der Waals surface area contributed by atoms with Crippen molar-refractivity contribution in [2.24, 2.45) is 5.73 Å². The van der Waals surface area contributed by atoms with Crippen molar-refractivity contribution in [1.82, 2.24) is 5.32 Å². The molecule has 0 unspecified atom stereocenters. The van der Waals surface area contributed by atoms with Crippen LogP contribution in [0.5, 0.6) is 5.75 Å². The number of anilines is 1. The highest BCUT2D eigenvalue weighted by atomic mass is 16.5. The van der Waals surface area contributed by atoms with E-state index in [2.05, 4.69) is 5.32 Å². The molecule has 3 N–H and O–H groups in total. The smallest absolute Gasteiger partial charge is 0.246 e. The van der Waals surface area contributed by atoms with Crippen molar-refractivity contribution in [3.63, 3.8) is 0 Å². The number of ether oxygens (including phenoxy) is 1. The second kappa shape index (κ2) is 6.19. The Kier molecular flexibility index (Phi) is 4.35. The van der Waals surface area contributed by atoms with Crippen molar-refractivity contribution in [3.05, 3.63) is 24.3 Å². The maximum atomic E-state index is 12.1. The van der Waals surface area contributed by atoms with Crippen LogP contribution in [0.4, 0.5) is 5.69 Å². The fourth-order valence-corrected chi connectivity index (χ4v) is 1.93. The lowest BCUT2D eigenvalue weighted by atomic mass is 10.2. The maximum Gasteiger partial charge on any atom is 0.246 e. The van der Waals surface area contributed by atoms with E-state index in [4.69, 9.17) is 10.5 Å². The Morgan fingerprint density at radius 3 is 2.95 bits per heavy atom. The minimum atomic E-state index is -0.340. The van der Waals surface area contributed by atoms with Gasteiger partial charge in [0, 0.05) is 6.54 Å². The van der Waals surface area contributed by atoms with E-state index in [-0.39, 0.29) is 24.9 Å². The summed E-state index contributed by atoms with van der Waals surface area (Å²) in [5, 5.41) is 2.48. The number of benzene rings is 1. The molecule has 1 aliphatic rings. The number of carbonyl (C=O) groups excluding carboxylic acids is 2. The van der Waals surface area contributed by atoms with Gasteiger partial charge in [0.05, 0.1) is 25.4 Å². The minimum absolute atomic E-state index is 0.0512. The predicted octanol–water partition coefficient (Wildman–Crippen LogP) is -0.123. The van der Waals surface area contributed by atoms with Crippen molar-refractivity contribution in [2.75, 3.05) is 31.1 Å². The van der Waals surface area contributed by atoms with Crippen molar-refractivity contribution in [1.29, 1.82) is 0 Å². The lowest BCUT2D eigenvalue weighted by Crippen LogP contribution is -2.42. The monoisotopic (exact) mass is 263 g/mol. The number of amides is 2. The van der Waals surface area contributed by atoms with Crippen LogP contribution in [-0.4, -0.2) is 38.1 Å². The lowest BCUT2D eigenvalue weighted by molar-refractivity contribution is -0.124. The van der Waals surface area contributed by atoms with Crippen molar-refractivity contribution >= 4 is 17.5 Å². The minimum Gasteiger partial charge on any atom is -0.491 e. The summed E-state index contributed by atoms with van der Waals surface area (Å²) >= 11 is 0. The summed E-state index contributed by atoms with van der Waals surface area (Å²) in [6.07, 6.45) is 0.755. The number of carbonyl (C=O) groups is 2. The first kappa shape index (κ1) is 13.4. The Hall–Kier alpha value is -2.08. The van der Waals surface area contributed by atoms with Gasteiger partial charge in [0.2, 0.25) is 11.8 Å². The molecule has 1 heterocycles. The van der Waals surface area contributed by atoms with Crippen LogP contribution < -0.4 is 20.7 Å². The van der Waals surface area contributed by atoms with Crippen LogP contribution in [0, 0.1) is 0 Å². The van der Waals surface area contributed by atoms with Gasteiger partial charge in [-0.3, -0.25) is 9.59 Å². The third-order valence-electron chi connectivity index (χ3n) is 2.86. The highest BCUT2D eigenvalue weighted by molar-refractivity contribution is 5.98. The maximum absolute atomic E-state index is 12.1. The van der Waals surface area contributed by atoms with Gasteiger partial charge in [-0.05, 0) is 18.6 Å². The van der Waals surface area contributed by atoms with Gasteiger partial charge in [0.15, 0.2) is 0 Å². The van der Waals surface area contributed by atoms with Crippen LogP contribution in [0.2, 0.25) is 0 Å². The van der Waals surface area contributed by atoms with E-state index in [0.717, 1.165) is 12.1 Å². The summed E-state index contributed by atoms with van der Waals surface area (Å²) in [4.78, 5) is 24.9. The largest absolute Gasteiger partial charge is 0.491 e. The fraction of sp³-hybridized carbons (Fsp3) is 0.385. The molecule has 19 heavy (non-hydrogen) atoms. The Morgan fingerprint density at radius 1 is 1.37 bits per heavy atom. The van der Waals surface area contributed by atoms with Gasteiger partial charge in [-0.25, -0.2) is 0 Å². The van der Waals surface area contributed by atoms with Crippen LogP contribution in [0.25, 0.3) is 0 Å². The highest BCUT2D eigenvalue weighted by Gasteiger charge is 2.21. The summed E-state index contributed by atoms with van der Waals surface area (Å²) in [5.74, 6) is 0.186. The average Bonchev–Trinajstić information content (AvgIpc) is 2.66. The molecule has 0 saturated heterocycles. The number of hydrogen-bond acceptors (Lipinski definition) is 4. The first-order chi connectivity index (χ1) is 9.22. The number of nitrogens with one attached hydrogen (secondary N) is 1. The summed E-state index contributed by atoms with van der Waals surface area (Å²) in [6.45, 7) is 0.988. The molecule has 0 aromatic heterocycles. The van der Waals surface area contributed by atoms with Gasteiger partial charge in [0.1, 0.15) is 5.75 Å². The second-order valence-electron chi connectivity index (χ2n) is 4.20. The zero-order valence-electron chi connectivity index (χ0n) is 10.6. The quantitative estimate of drug-likeness (QED) is 0.796. The normalized spacial score (nSPS) is 14.1. The topological polar surface area (TPSA) is 84.7 Å². The first-order valence-corrected chi connectivity index (χ1v) is 6.21. The van der Waals surface area contributed by atoms with Gasteiger partial charge in [0.25, 0.3) is 0 Å². The van der Waals surface area contributed by atoms with Crippen LogP contribution in [-0.2, 0) is 9.59 Å². The molecule has 1 aliphatic heterocycles. The molecular weight excluding hydrogens is 246 g/mol. The van der Waals surface area contributed by atoms with Crippen LogP contribution in [0.1, 0.15) is 6.42 Å². The van der Waals surface area contributed by atoms with Crippen LogP contribution >= 0.6 is 0 Å². The number of hydrogen-bond donors (Lipinski definition) is 2. The predicted molar refractivity (Wildman–Crippen MR) is 71.0 cm³/mol. The molecule has 2 rings (SSSR count). The van der Waals surface area contributed by atoms with Crippen molar-refractivity contribution in [3.8, 4) is 5.75 Å². The van der Waals surface area contributed by atoms with Crippen LogP contribution in [0.15, 0.2) is 24.3 Å². The molecule has 2 amide bonds. The molecule has 0 bridgehead atoms. The fourth-order valence-electron chi connectivity index (χ4n) is 1.93. The third kappa shape index (κ3) is 3.23. The van der Waals surface area contributed by atoms with E-state index in [1.807, 2.05) is 24.3 Å². The molecule has 0 aliphatic carbocycles. The SMILES string of the molecule is NCC(=O)NCC(=O)N1CCCOc2ccccc21. The summed E-state index contributed by atoms with van der Waals surface area (Å²) in [7, 11) is 0. The molecule has 102 valence electrons. The molecule has 1 aromatic rings. The Balaban J connectivity index is 2.10. The van der Waals surface area contributed by atoms with Gasteiger partial charge in [-0.2, -0.15) is 0 Å². The van der Waals surface area contributed by atoms with E-state index in [1.165, 1.54) is 0 Å². The summed E-state index contributed by atoms with van der Waals surface area (Å²) < 4.78 is 5.57. The number of nitrogens with zero attached hydrogens (tertiary/aromatic N) is 1. The van der Waals surface area contributed by atoms with E-state index in [1.54, 1.807) is 4.90 Å². The molecule has 0 radical (unpaired) electrons. The Morgan fingerprint density at radius 2 is 2.16 bits per heavy atom. The number of fused-ring (bicyclic) bond motifs is 1. The molecular formula is C13H17N3O3. The van der Waals surface area contributed by atoms with Crippen molar-refractivity contribution < 1.29 is 14.3 Å². The van der Waals surface area contributed by atoms with E-state index < -0.39 is 0 Å². The standard InChI is InChI=1S/C13H17N3O3/c14-8-12(17)15-9-13(18)16-6-3-7-19-11-5-2-1-4-10(11)16/h1-2,4-5H,3,6-9,14H2,(H,15,17). The lowest BCUT2D eigenvalue weighted by Gasteiger charge is -2.21.